The Kier molecular flexibility index (Phi) is 5.23. The molecule has 5 nitrogen and oxygen atoms in total. The molecule has 24 heavy (non-hydrogen) atoms. The molecule has 2 aromatic heterocycles. The Hall–Kier alpha value is -2.66. The van der Waals surface area contributed by atoms with Gasteiger partial charge in [-0.05, 0) is 18.6 Å². The van der Waals surface area contributed by atoms with E-state index in [2.05, 4.69) is 52.6 Å². The lowest BCUT2D eigenvalue weighted by atomic mass is 10.1. The number of rotatable bonds is 8. The van der Waals surface area contributed by atoms with Crippen molar-refractivity contribution in [3.63, 3.8) is 0 Å². The van der Waals surface area contributed by atoms with Gasteiger partial charge < -0.3 is 5.32 Å². The molecule has 3 rings (SSSR count). The van der Waals surface area contributed by atoms with Gasteiger partial charge in [0, 0.05) is 30.7 Å². The summed E-state index contributed by atoms with van der Waals surface area (Å²) in [4.78, 5) is 0. The summed E-state index contributed by atoms with van der Waals surface area (Å²) < 4.78 is 3.88. The third-order valence-electron chi connectivity index (χ3n) is 4.03. The second kappa shape index (κ2) is 7.75. The predicted octanol–water partition coefficient (Wildman–Crippen LogP) is 3.11. The van der Waals surface area contributed by atoms with Crippen LogP contribution in [0.1, 0.15) is 22.9 Å². The maximum Gasteiger partial charge on any atom is 0.0638 e. The molecule has 0 saturated heterocycles. The van der Waals surface area contributed by atoms with Crippen LogP contribution in [0.2, 0.25) is 0 Å². The minimum absolute atomic E-state index is 0.188. The van der Waals surface area contributed by atoms with Crippen LogP contribution in [0.3, 0.4) is 0 Å². The van der Waals surface area contributed by atoms with Crippen molar-refractivity contribution in [2.24, 2.45) is 0 Å². The molecule has 0 aliphatic rings. The van der Waals surface area contributed by atoms with E-state index < -0.39 is 0 Å². The second-order valence-corrected chi connectivity index (χ2v) is 5.82. The van der Waals surface area contributed by atoms with Crippen LogP contribution in [0, 0.1) is 6.92 Å². The standard InChI is InChI=1S/C19H23N5/c1-3-11-24-14-18(16(2)22-24)13-20-19(15-23-12-7-10-21-23)17-8-5-4-6-9-17/h3-10,12,14,19-20H,1,11,13,15H2,2H3. The van der Waals surface area contributed by atoms with Gasteiger partial charge in [-0.15, -0.1) is 6.58 Å². The van der Waals surface area contributed by atoms with Gasteiger partial charge in [0.25, 0.3) is 0 Å². The summed E-state index contributed by atoms with van der Waals surface area (Å²) >= 11 is 0. The molecule has 0 fully saturated rings. The lowest BCUT2D eigenvalue weighted by Gasteiger charge is -2.19. The van der Waals surface area contributed by atoms with Crippen LogP contribution in [0.25, 0.3) is 0 Å². The Bertz CT molecular complexity index is 758. The Balaban J connectivity index is 1.73. The molecule has 0 amide bonds. The molecule has 0 saturated carbocycles. The number of hydrogen-bond donors (Lipinski definition) is 1. The Morgan fingerprint density at radius 3 is 2.75 bits per heavy atom. The lowest BCUT2D eigenvalue weighted by molar-refractivity contribution is 0.437. The first-order chi connectivity index (χ1) is 11.8. The number of allylic oxidation sites excluding steroid dienone is 1. The normalized spacial score (nSPS) is 12.2. The summed E-state index contributed by atoms with van der Waals surface area (Å²) in [7, 11) is 0. The molecular weight excluding hydrogens is 298 g/mol. The largest absolute Gasteiger partial charge is 0.304 e. The van der Waals surface area contributed by atoms with Crippen LogP contribution in [-0.4, -0.2) is 19.6 Å². The van der Waals surface area contributed by atoms with Gasteiger partial charge in [-0.2, -0.15) is 10.2 Å². The zero-order valence-electron chi connectivity index (χ0n) is 14.0. The van der Waals surface area contributed by atoms with Crippen LogP contribution in [0.15, 0.2) is 67.6 Å². The van der Waals surface area contributed by atoms with Crippen molar-refractivity contribution in [2.75, 3.05) is 0 Å². The molecule has 124 valence electrons. The summed E-state index contributed by atoms with van der Waals surface area (Å²) in [6.07, 6.45) is 7.74. The van der Waals surface area contributed by atoms with E-state index in [-0.39, 0.29) is 6.04 Å². The molecule has 0 bridgehead atoms. The van der Waals surface area contributed by atoms with Gasteiger partial charge in [0.05, 0.1) is 24.8 Å². The highest BCUT2D eigenvalue weighted by Gasteiger charge is 2.13. The summed E-state index contributed by atoms with van der Waals surface area (Å²) in [5, 5.41) is 12.5. The molecule has 2 heterocycles. The number of nitrogens with zero attached hydrogens (tertiary/aromatic N) is 4. The van der Waals surface area contributed by atoms with E-state index in [0.29, 0.717) is 0 Å². The zero-order valence-corrected chi connectivity index (χ0v) is 14.0. The van der Waals surface area contributed by atoms with Crippen molar-refractivity contribution in [3.05, 3.63) is 84.5 Å². The minimum Gasteiger partial charge on any atom is -0.304 e. The number of hydrogen-bond acceptors (Lipinski definition) is 3. The first-order valence-corrected chi connectivity index (χ1v) is 8.16. The number of aryl methyl sites for hydroxylation is 1. The van der Waals surface area contributed by atoms with Crippen molar-refractivity contribution >= 4 is 0 Å². The van der Waals surface area contributed by atoms with Gasteiger partial charge in [-0.3, -0.25) is 9.36 Å². The fourth-order valence-electron chi connectivity index (χ4n) is 2.76. The zero-order chi connectivity index (χ0) is 16.8. The van der Waals surface area contributed by atoms with Gasteiger partial charge in [-0.25, -0.2) is 0 Å². The van der Waals surface area contributed by atoms with Crippen LogP contribution in [0.5, 0.6) is 0 Å². The lowest BCUT2D eigenvalue weighted by Crippen LogP contribution is -2.25. The number of aromatic nitrogens is 4. The fourth-order valence-corrected chi connectivity index (χ4v) is 2.76. The quantitative estimate of drug-likeness (QED) is 0.649. The molecule has 0 radical (unpaired) electrons. The summed E-state index contributed by atoms with van der Waals surface area (Å²) in [6.45, 7) is 8.10. The molecule has 1 unspecified atom stereocenters. The fraction of sp³-hybridized carbons (Fsp3) is 0.263. The molecule has 5 heteroatoms. The maximum absolute atomic E-state index is 4.51. The maximum atomic E-state index is 4.51. The van der Waals surface area contributed by atoms with E-state index in [0.717, 1.165) is 25.3 Å². The highest BCUT2D eigenvalue weighted by molar-refractivity contribution is 5.20. The van der Waals surface area contributed by atoms with Gasteiger partial charge in [0.2, 0.25) is 0 Å². The summed E-state index contributed by atoms with van der Waals surface area (Å²) in [5.41, 5.74) is 3.51. The van der Waals surface area contributed by atoms with E-state index in [9.17, 15) is 0 Å². The second-order valence-electron chi connectivity index (χ2n) is 5.82. The third kappa shape index (κ3) is 4.00. The van der Waals surface area contributed by atoms with E-state index in [1.807, 2.05) is 46.9 Å². The van der Waals surface area contributed by atoms with E-state index >= 15 is 0 Å². The molecular formula is C19H23N5. The van der Waals surface area contributed by atoms with E-state index in [4.69, 9.17) is 0 Å². The highest BCUT2D eigenvalue weighted by Crippen LogP contribution is 2.16. The predicted molar refractivity (Wildman–Crippen MR) is 95.4 cm³/mol. The molecule has 1 N–H and O–H groups in total. The van der Waals surface area contributed by atoms with Crippen molar-refractivity contribution in [3.8, 4) is 0 Å². The van der Waals surface area contributed by atoms with Gasteiger partial charge >= 0.3 is 0 Å². The smallest absolute Gasteiger partial charge is 0.0638 e. The molecule has 1 aromatic carbocycles. The Morgan fingerprint density at radius 2 is 2.04 bits per heavy atom. The van der Waals surface area contributed by atoms with Crippen LogP contribution < -0.4 is 5.32 Å². The third-order valence-corrected chi connectivity index (χ3v) is 4.03. The minimum atomic E-state index is 0.188. The van der Waals surface area contributed by atoms with Crippen LogP contribution >= 0.6 is 0 Å². The molecule has 0 aliphatic carbocycles. The molecule has 0 spiro atoms. The molecule has 3 aromatic rings. The van der Waals surface area contributed by atoms with Crippen molar-refractivity contribution in [1.82, 2.24) is 24.9 Å². The average molecular weight is 321 g/mol. The first kappa shape index (κ1) is 16.2. The molecule has 0 aliphatic heterocycles. The average Bonchev–Trinajstić information content (AvgIpc) is 3.22. The number of nitrogens with one attached hydrogen (secondary N) is 1. The van der Waals surface area contributed by atoms with E-state index in [1.54, 1.807) is 0 Å². The van der Waals surface area contributed by atoms with Crippen LogP contribution in [-0.2, 0) is 19.6 Å². The summed E-state index contributed by atoms with van der Waals surface area (Å²) in [5.74, 6) is 0. The topological polar surface area (TPSA) is 47.7 Å². The van der Waals surface area contributed by atoms with E-state index in [1.165, 1.54) is 11.1 Å². The van der Waals surface area contributed by atoms with Gasteiger partial charge in [0.1, 0.15) is 0 Å². The van der Waals surface area contributed by atoms with Crippen molar-refractivity contribution < 1.29 is 0 Å². The summed E-state index contributed by atoms with van der Waals surface area (Å²) in [6, 6.07) is 12.6. The Morgan fingerprint density at radius 1 is 1.21 bits per heavy atom. The van der Waals surface area contributed by atoms with Crippen LogP contribution in [0.4, 0.5) is 0 Å². The SMILES string of the molecule is C=CCn1cc(CNC(Cn2cccn2)c2ccccc2)c(C)n1. The van der Waals surface area contributed by atoms with Crippen molar-refractivity contribution in [2.45, 2.75) is 32.6 Å². The molecule has 1 atom stereocenters. The van der Waals surface area contributed by atoms with Crippen molar-refractivity contribution in [1.29, 1.82) is 0 Å². The Labute approximate surface area is 142 Å². The van der Waals surface area contributed by atoms with Gasteiger partial charge in [0.15, 0.2) is 0 Å². The monoisotopic (exact) mass is 321 g/mol. The highest BCUT2D eigenvalue weighted by atomic mass is 15.3. The first-order valence-electron chi connectivity index (χ1n) is 8.16. The van der Waals surface area contributed by atoms with Gasteiger partial charge in [-0.1, -0.05) is 36.4 Å². The number of benzene rings is 1.